The number of rotatable bonds is 18. The van der Waals surface area contributed by atoms with Gasteiger partial charge in [-0.15, -0.1) is 6.58 Å². The highest BCUT2D eigenvalue weighted by atomic mass is 19.1. The zero-order chi connectivity index (χ0) is 36.4. The van der Waals surface area contributed by atoms with Crippen molar-refractivity contribution in [1.82, 2.24) is 4.90 Å². The predicted molar refractivity (Wildman–Crippen MR) is 192 cm³/mol. The molecule has 10 nitrogen and oxygen atoms in total. The monoisotopic (exact) mass is 706 g/mol. The summed E-state index contributed by atoms with van der Waals surface area (Å²) in [6.07, 6.45) is 9.85. The molecule has 1 fully saturated rings. The number of halogens is 1. The second-order valence-electron chi connectivity index (χ2n) is 13.3. The van der Waals surface area contributed by atoms with Crippen LogP contribution >= 0.6 is 0 Å². The van der Waals surface area contributed by atoms with Crippen LogP contribution in [0.5, 0.6) is 11.5 Å². The van der Waals surface area contributed by atoms with Crippen molar-refractivity contribution >= 4 is 11.8 Å². The Hall–Kier alpha value is -4.19. The lowest BCUT2D eigenvalue weighted by Gasteiger charge is -2.59. The van der Waals surface area contributed by atoms with E-state index in [4.69, 9.17) is 23.8 Å². The second-order valence-corrected chi connectivity index (χ2v) is 13.3. The molecule has 0 spiro atoms. The largest absolute Gasteiger partial charge is 0.490 e. The predicted octanol–water partition coefficient (Wildman–Crippen LogP) is 6.92. The fourth-order valence-electron chi connectivity index (χ4n) is 8.21. The number of hydrogen-bond acceptors (Lipinski definition) is 9. The number of hydrogen-bond donors (Lipinski definition) is 2. The zero-order valence-corrected chi connectivity index (χ0v) is 29.7. The molecule has 3 aliphatic rings. The number of ether oxygens (including phenoxy) is 4. The summed E-state index contributed by atoms with van der Waals surface area (Å²) in [4.78, 5) is 20.9. The van der Waals surface area contributed by atoms with Crippen molar-refractivity contribution in [3.05, 3.63) is 96.4 Å². The molecule has 276 valence electrons. The summed E-state index contributed by atoms with van der Waals surface area (Å²) in [6, 6.07) is 11.0. The van der Waals surface area contributed by atoms with E-state index in [1.54, 1.807) is 29.2 Å². The van der Waals surface area contributed by atoms with Crippen molar-refractivity contribution in [2.45, 2.75) is 69.2 Å². The maximum Gasteiger partial charge on any atom is 0.410 e. The number of aliphatic hydroxyl groups is 2. The minimum atomic E-state index is -1.44. The van der Waals surface area contributed by atoms with Crippen LogP contribution in [0, 0.1) is 23.6 Å². The van der Waals surface area contributed by atoms with Gasteiger partial charge < -0.3 is 34.0 Å². The van der Waals surface area contributed by atoms with Crippen molar-refractivity contribution in [2.75, 3.05) is 40.6 Å². The molecule has 2 N–H and O–H groups in total. The summed E-state index contributed by atoms with van der Waals surface area (Å²) in [5.41, 5.74) is 3.23. The molecular weight excluding hydrogens is 655 g/mol. The maximum absolute atomic E-state index is 14.0. The first-order chi connectivity index (χ1) is 24.8. The van der Waals surface area contributed by atoms with E-state index in [9.17, 15) is 19.4 Å². The Morgan fingerprint density at radius 2 is 1.76 bits per heavy atom. The average molecular weight is 707 g/mol. The molecule has 6 atom stereocenters. The molecular formula is C40H51FN2O8. The summed E-state index contributed by atoms with van der Waals surface area (Å²) < 4.78 is 39.4. The van der Waals surface area contributed by atoms with Crippen LogP contribution in [0.15, 0.2) is 84.6 Å². The standard InChI is InChI=1S/C40H51FN2O8/c1-5-21-49-30-17-18-35-33(24-30)37-31(12-8-10-20-45)28(11-7-9-19-44)23-32-34(42-48-4)25-36(40(51-35,38(32)37)50-22-6-2)43(39(46)47-3)26-27-13-15-29(41)16-14-27/h5-6,13-18,23-24,28,31,36-38,44-45H,1-2,7-12,19-22,25-26H2,3-4H3/t28-,31+,36-,37+,38+,40+/m0/s1. The molecule has 51 heavy (non-hydrogen) atoms. The molecule has 0 radical (unpaired) electrons. The van der Waals surface area contributed by atoms with Crippen molar-refractivity contribution in [3.8, 4) is 11.5 Å². The van der Waals surface area contributed by atoms with Crippen LogP contribution in [0.3, 0.4) is 0 Å². The minimum absolute atomic E-state index is 0.0687. The van der Waals surface area contributed by atoms with Crippen LogP contribution in [0.4, 0.5) is 9.18 Å². The van der Waals surface area contributed by atoms with Crippen molar-refractivity contribution in [1.29, 1.82) is 0 Å². The van der Waals surface area contributed by atoms with E-state index in [2.05, 4.69) is 24.4 Å². The molecule has 1 amide bonds. The Bertz CT molecular complexity index is 1560. The van der Waals surface area contributed by atoms with E-state index in [0.717, 1.165) is 36.8 Å². The Labute approximate surface area is 300 Å². The number of benzene rings is 2. The van der Waals surface area contributed by atoms with Crippen molar-refractivity contribution in [2.24, 2.45) is 22.9 Å². The van der Waals surface area contributed by atoms with Crippen LogP contribution < -0.4 is 9.47 Å². The van der Waals surface area contributed by atoms with Gasteiger partial charge in [-0.05, 0) is 79.0 Å². The molecule has 0 saturated heterocycles. The number of methoxy groups -OCH3 is 1. The topological polar surface area (TPSA) is 119 Å². The first-order valence-corrected chi connectivity index (χ1v) is 17.8. The fraction of sp³-hybridized carbons (Fsp3) is 0.500. The van der Waals surface area contributed by atoms with E-state index < -0.39 is 23.8 Å². The quantitative estimate of drug-likeness (QED) is 0.0975. The minimum Gasteiger partial charge on any atom is -0.490 e. The van der Waals surface area contributed by atoms with Crippen LogP contribution in [-0.2, 0) is 20.9 Å². The Morgan fingerprint density at radius 1 is 1.04 bits per heavy atom. The van der Waals surface area contributed by atoms with E-state index in [0.29, 0.717) is 42.2 Å². The van der Waals surface area contributed by atoms with Crippen LogP contribution in [-0.4, -0.2) is 79.4 Å². The highest BCUT2D eigenvalue weighted by Crippen LogP contribution is 2.62. The third-order valence-corrected chi connectivity index (χ3v) is 10.3. The van der Waals surface area contributed by atoms with E-state index in [1.807, 2.05) is 18.2 Å². The molecule has 0 aromatic heterocycles. The highest BCUT2D eigenvalue weighted by Gasteiger charge is 2.65. The van der Waals surface area contributed by atoms with Gasteiger partial charge in [-0.2, -0.15) is 0 Å². The number of carbonyl (C=O) groups excluding carboxylic acids is 1. The second kappa shape index (κ2) is 17.8. The molecule has 2 aromatic rings. The molecule has 0 unspecified atom stereocenters. The summed E-state index contributed by atoms with van der Waals surface area (Å²) in [5, 5.41) is 24.1. The number of aliphatic hydroxyl groups excluding tert-OH is 2. The summed E-state index contributed by atoms with van der Waals surface area (Å²) in [6.45, 7) is 8.50. The summed E-state index contributed by atoms with van der Waals surface area (Å²) in [7, 11) is 2.83. The normalized spacial score (nSPS) is 25.5. The number of carbonyl (C=O) groups is 1. The van der Waals surface area contributed by atoms with Gasteiger partial charge in [0.15, 0.2) is 0 Å². The number of amides is 1. The first kappa shape index (κ1) is 38.1. The van der Waals surface area contributed by atoms with Crippen LogP contribution in [0.1, 0.15) is 62.0 Å². The van der Waals surface area contributed by atoms with Gasteiger partial charge in [0, 0.05) is 37.7 Å². The fourth-order valence-corrected chi connectivity index (χ4v) is 8.21. The molecule has 0 bridgehead atoms. The summed E-state index contributed by atoms with van der Waals surface area (Å²) >= 11 is 0. The molecule has 2 aromatic carbocycles. The summed E-state index contributed by atoms with van der Waals surface area (Å²) in [5.74, 6) is -1.04. The molecule has 11 heteroatoms. The van der Waals surface area contributed by atoms with Gasteiger partial charge in [0.2, 0.25) is 5.79 Å². The lowest BCUT2D eigenvalue weighted by Crippen LogP contribution is -2.70. The van der Waals surface area contributed by atoms with Gasteiger partial charge in [0.05, 0.1) is 25.3 Å². The van der Waals surface area contributed by atoms with Gasteiger partial charge in [0.25, 0.3) is 0 Å². The average Bonchev–Trinajstić information content (AvgIpc) is 3.14. The molecule has 1 saturated carbocycles. The van der Waals surface area contributed by atoms with E-state index >= 15 is 0 Å². The lowest BCUT2D eigenvalue weighted by atomic mass is 9.55. The van der Waals surface area contributed by atoms with Gasteiger partial charge in [0.1, 0.15) is 37.1 Å². The number of nitrogens with zero attached hydrogens (tertiary/aromatic N) is 2. The molecule has 1 heterocycles. The van der Waals surface area contributed by atoms with E-state index in [1.165, 1.54) is 26.4 Å². The van der Waals surface area contributed by atoms with Crippen molar-refractivity contribution < 1.29 is 43.2 Å². The Morgan fingerprint density at radius 3 is 2.43 bits per heavy atom. The number of allylic oxidation sites excluding steroid dienone is 1. The van der Waals surface area contributed by atoms with Crippen LogP contribution in [0.25, 0.3) is 0 Å². The molecule has 5 rings (SSSR count). The number of oxime groups is 1. The van der Waals surface area contributed by atoms with Crippen LogP contribution in [0.2, 0.25) is 0 Å². The number of unbranched alkanes of at least 4 members (excludes halogenated alkanes) is 2. The first-order valence-electron chi connectivity index (χ1n) is 17.8. The zero-order valence-electron chi connectivity index (χ0n) is 29.7. The Kier molecular flexibility index (Phi) is 13.3. The highest BCUT2D eigenvalue weighted by molar-refractivity contribution is 6.02. The van der Waals surface area contributed by atoms with Crippen molar-refractivity contribution in [3.63, 3.8) is 0 Å². The molecule has 1 aliphatic heterocycles. The lowest BCUT2D eigenvalue weighted by molar-refractivity contribution is -0.256. The Balaban J connectivity index is 1.77. The smallest absolute Gasteiger partial charge is 0.410 e. The maximum atomic E-state index is 14.0. The van der Waals surface area contributed by atoms with Gasteiger partial charge >= 0.3 is 6.09 Å². The third kappa shape index (κ3) is 8.16. The number of fused-ring (bicyclic) bond motifs is 2. The molecule has 2 aliphatic carbocycles. The van der Waals surface area contributed by atoms with Gasteiger partial charge in [-0.1, -0.05) is 54.9 Å². The van der Waals surface area contributed by atoms with Gasteiger partial charge in [-0.25, -0.2) is 9.18 Å². The van der Waals surface area contributed by atoms with E-state index in [-0.39, 0.29) is 56.4 Å². The SMILES string of the molecule is C=CCOc1ccc2c(c1)[C@H]1[C@H](CCCCO)[C@@H](CCCCO)C=C3C(=NOC)C[C@H](N(Cc4ccc(F)cc4)C(=O)OC)[C@@](OCC=C)(O2)[C@H]31. The van der Waals surface area contributed by atoms with Gasteiger partial charge in [-0.3, -0.25) is 4.90 Å². The third-order valence-electron chi connectivity index (χ3n) is 10.3.